The number of hydrogen-bond acceptors (Lipinski definition) is 4. The molecule has 134 valence electrons. The molecule has 1 amide bonds. The number of pyridine rings is 1. The first-order chi connectivity index (χ1) is 12.0. The van der Waals surface area contributed by atoms with Crippen molar-refractivity contribution >= 4 is 5.91 Å². The molecule has 0 spiro atoms. The number of carbonyl (C=O) groups excluding carboxylic acids is 1. The zero-order chi connectivity index (χ0) is 18.0. The molecule has 0 aromatic carbocycles. The second kappa shape index (κ2) is 7.21. The van der Waals surface area contributed by atoms with Crippen LogP contribution in [0.1, 0.15) is 41.5 Å². The van der Waals surface area contributed by atoms with Crippen molar-refractivity contribution in [2.45, 2.75) is 39.7 Å². The van der Waals surface area contributed by atoms with Crippen molar-refractivity contribution < 1.29 is 4.79 Å². The van der Waals surface area contributed by atoms with E-state index in [0.717, 1.165) is 43.7 Å². The molecule has 0 atom stereocenters. The monoisotopic (exact) mass is 343 g/mol. The van der Waals surface area contributed by atoms with E-state index in [9.17, 15) is 9.59 Å². The van der Waals surface area contributed by atoms with Crippen LogP contribution in [-0.4, -0.2) is 43.2 Å². The molecular weight excluding hydrogens is 318 g/mol. The van der Waals surface area contributed by atoms with Gasteiger partial charge in [-0.15, -0.1) is 0 Å². The van der Waals surface area contributed by atoms with E-state index in [2.05, 4.69) is 10.1 Å². The Balaban J connectivity index is 1.63. The van der Waals surface area contributed by atoms with Crippen LogP contribution in [0.15, 0.2) is 23.3 Å². The highest BCUT2D eigenvalue weighted by atomic mass is 16.2. The molecule has 0 aliphatic carbocycles. The molecule has 1 saturated heterocycles. The average Bonchev–Trinajstić information content (AvgIpc) is 2.88. The number of hydrogen-bond donors (Lipinski definition) is 0. The lowest BCUT2D eigenvalue weighted by molar-refractivity contribution is 0.0688. The van der Waals surface area contributed by atoms with Gasteiger partial charge in [-0.1, -0.05) is 0 Å². The number of aryl methyl sites for hydroxylation is 2. The normalized spacial score (nSPS) is 15.6. The zero-order valence-electron chi connectivity index (χ0n) is 15.1. The van der Waals surface area contributed by atoms with Crippen molar-refractivity contribution in [3.05, 3.63) is 45.9 Å². The predicted molar refractivity (Wildman–Crippen MR) is 94.4 cm³/mol. The summed E-state index contributed by atoms with van der Waals surface area (Å²) in [7, 11) is 1.69. The SMILES string of the molecule is CCn1c(CC2CCN(C(=O)c3cnccc3C)CC2)nn(C)c1=O. The summed E-state index contributed by atoms with van der Waals surface area (Å²) in [5, 5.41) is 4.37. The molecule has 0 N–H and O–H groups in total. The van der Waals surface area contributed by atoms with Crippen molar-refractivity contribution in [3.63, 3.8) is 0 Å². The lowest BCUT2D eigenvalue weighted by Crippen LogP contribution is -2.39. The number of likely N-dealkylation sites (tertiary alicyclic amines) is 1. The van der Waals surface area contributed by atoms with E-state index in [1.54, 1.807) is 24.0 Å². The van der Waals surface area contributed by atoms with Crippen molar-refractivity contribution in [1.29, 1.82) is 0 Å². The standard InChI is InChI=1S/C18H25N5O2/c1-4-23-16(20-21(3)18(23)25)11-14-6-9-22(10-7-14)17(24)15-12-19-8-5-13(15)2/h5,8,12,14H,4,6-7,9-11H2,1-3H3. The molecule has 2 aromatic heterocycles. The van der Waals surface area contributed by atoms with Crippen molar-refractivity contribution in [2.75, 3.05) is 13.1 Å². The molecule has 0 bridgehead atoms. The highest BCUT2D eigenvalue weighted by molar-refractivity contribution is 5.95. The van der Waals surface area contributed by atoms with Crippen molar-refractivity contribution in [2.24, 2.45) is 13.0 Å². The predicted octanol–water partition coefficient (Wildman–Crippen LogP) is 1.40. The molecular formula is C18H25N5O2. The van der Waals surface area contributed by atoms with Crippen LogP contribution in [0.4, 0.5) is 0 Å². The first-order valence-corrected chi connectivity index (χ1v) is 8.83. The van der Waals surface area contributed by atoms with Gasteiger partial charge in [0.15, 0.2) is 0 Å². The Kier molecular flexibility index (Phi) is 5.01. The molecule has 3 rings (SSSR count). The van der Waals surface area contributed by atoms with E-state index < -0.39 is 0 Å². The Morgan fingerprint density at radius 1 is 1.32 bits per heavy atom. The van der Waals surface area contributed by atoms with Gasteiger partial charge in [-0.2, -0.15) is 5.10 Å². The summed E-state index contributed by atoms with van der Waals surface area (Å²) in [6, 6.07) is 1.87. The fraction of sp³-hybridized carbons (Fsp3) is 0.556. The Labute approximate surface area is 147 Å². The second-order valence-corrected chi connectivity index (χ2v) is 6.70. The van der Waals surface area contributed by atoms with Gasteiger partial charge in [-0.25, -0.2) is 9.48 Å². The quantitative estimate of drug-likeness (QED) is 0.841. The van der Waals surface area contributed by atoms with Gasteiger partial charge in [0.25, 0.3) is 5.91 Å². The molecule has 0 radical (unpaired) electrons. The summed E-state index contributed by atoms with van der Waals surface area (Å²) >= 11 is 0. The summed E-state index contributed by atoms with van der Waals surface area (Å²) in [6.45, 7) is 6.01. The average molecular weight is 343 g/mol. The van der Waals surface area contributed by atoms with Gasteiger partial charge in [0.1, 0.15) is 5.82 Å². The van der Waals surface area contributed by atoms with Crippen LogP contribution in [0.2, 0.25) is 0 Å². The number of piperidine rings is 1. The van der Waals surface area contributed by atoms with Crippen LogP contribution < -0.4 is 5.69 Å². The minimum absolute atomic E-state index is 0.0582. The molecule has 7 heteroatoms. The molecule has 25 heavy (non-hydrogen) atoms. The third-order valence-corrected chi connectivity index (χ3v) is 5.04. The Morgan fingerprint density at radius 3 is 2.68 bits per heavy atom. The fourth-order valence-corrected chi connectivity index (χ4v) is 3.48. The van der Waals surface area contributed by atoms with Gasteiger partial charge in [0.2, 0.25) is 0 Å². The fourth-order valence-electron chi connectivity index (χ4n) is 3.48. The Morgan fingerprint density at radius 2 is 2.04 bits per heavy atom. The topological polar surface area (TPSA) is 73.0 Å². The summed E-state index contributed by atoms with van der Waals surface area (Å²) in [6.07, 6.45) is 6.01. The van der Waals surface area contributed by atoms with Gasteiger partial charge in [-0.3, -0.25) is 14.3 Å². The smallest absolute Gasteiger partial charge is 0.339 e. The van der Waals surface area contributed by atoms with E-state index in [0.29, 0.717) is 18.0 Å². The van der Waals surface area contributed by atoms with Crippen LogP contribution >= 0.6 is 0 Å². The van der Waals surface area contributed by atoms with Crippen LogP contribution in [-0.2, 0) is 20.0 Å². The van der Waals surface area contributed by atoms with Gasteiger partial charge >= 0.3 is 5.69 Å². The third-order valence-electron chi connectivity index (χ3n) is 5.04. The van der Waals surface area contributed by atoms with Crippen LogP contribution in [0.5, 0.6) is 0 Å². The van der Waals surface area contributed by atoms with Crippen LogP contribution in [0.3, 0.4) is 0 Å². The number of nitrogens with zero attached hydrogens (tertiary/aromatic N) is 5. The lowest BCUT2D eigenvalue weighted by atomic mass is 9.92. The molecule has 7 nitrogen and oxygen atoms in total. The molecule has 1 aliphatic heterocycles. The number of carbonyl (C=O) groups is 1. The summed E-state index contributed by atoms with van der Waals surface area (Å²) in [5.41, 5.74) is 1.59. The second-order valence-electron chi connectivity index (χ2n) is 6.70. The van der Waals surface area contributed by atoms with Crippen molar-refractivity contribution in [1.82, 2.24) is 24.2 Å². The summed E-state index contributed by atoms with van der Waals surface area (Å²) < 4.78 is 3.14. The Bertz CT molecular complexity index is 815. The maximum atomic E-state index is 12.7. The van der Waals surface area contributed by atoms with Crippen LogP contribution in [0, 0.1) is 12.8 Å². The summed E-state index contributed by atoms with van der Waals surface area (Å²) in [5.74, 6) is 1.36. The molecule has 0 unspecified atom stereocenters. The van der Waals surface area contributed by atoms with E-state index in [-0.39, 0.29) is 11.6 Å². The van der Waals surface area contributed by atoms with Crippen LogP contribution in [0.25, 0.3) is 0 Å². The molecule has 1 fully saturated rings. The van der Waals surface area contributed by atoms with Gasteiger partial charge in [0.05, 0.1) is 5.56 Å². The number of amides is 1. The maximum absolute atomic E-state index is 12.7. The Hall–Kier alpha value is -2.44. The van der Waals surface area contributed by atoms with Crippen molar-refractivity contribution in [3.8, 4) is 0 Å². The minimum Gasteiger partial charge on any atom is -0.339 e. The molecule has 3 heterocycles. The lowest BCUT2D eigenvalue weighted by Gasteiger charge is -2.32. The van der Waals surface area contributed by atoms with E-state index in [4.69, 9.17) is 0 Å². The first kappa shape index (κ1) is 17.4. The maximum Gasteiger partial charge on any atom is 0.345 e. The first-order valence-electron chi connectivity index (χ1n) is 8.83. The van der Waals surface area contributed by atoms with E-state index in [1.165, 1.54) is 4.68 Å². The number of aromatic nitrogens is 4. The molecule has 1 aliphatic rings. The van der Waals surface area contributed by atoms with E-state index >= 15 is 0 Å². The largest absolute Gasteiger partial charge is 0.345 e. The highest BCUT2D eigenvalue weighted by Gasteiger charge is 2.26. The zero-order valence-corrected chi connectivity index (χ0v) is 15.1. The third kappa shape index (κ3) is 3.50. The highest BCUT2D eigenvalue weighted by Crippen LogP contribution is 2.22. The van der Waals surface area contributed by atoms with Gasteiger partial charge in [0, 0.05) is 45.5 Å². The minimum atomic E-state index is -0.0582. The summed E-state index contributed by atoms with van der Waals surface area (Å²) in [4.78, 5) is 30.6. The number of rotatable bonds is 4. The molecule has 2 aromatic rings. The van der Waals surface area contributed by atoms with E-state index in [1.807, 2.05) is 24.8 Å². The van der Waals surface area contributed by atoms with Gasteiger partial charge in [-0.05, 0) is 44.2 Å². The molecule has 0 saturated carbocycles. The van der Waals surface area contributed by atoms with Gasteiger partial charge < -0.3 is 4.90 Å².